The number of H-pyrrole nitrogens is 1. The van der Waals surface area contributed by atoms with Crippen LogP contribution in [0, 0.1) is 5.82 Å². The van der Waals surface area contributed by atoms with E-state index in [1.165, 1.54) is 12.1 Å². The first kappa shape index (κ1) is 17.9. The maximum atomic E-state index is 13.7. The Bertz CT molecular complexity index is 1180. The third-order valence-corrected chi connectivity index (χ3v) is 5.61. The van der Waals surface area contributed by atoms with Crippen molar-refractivity contribution < 1.29 is 9.13 Å². The number of halogens is 1. The fraction of sp³-hybridized carbons (Fsp3) is 0.273. The van der Waals surface area contributed by atoms with Gasteiger partial charge in [-0.1, -0.05) is 12.1 Å². The maximum Gasteiger partial charge on any atom is 0.240 e. The van der Waals surface area contributed by atoms with E-state index in [4.69, 9.17) is 4.74 Å². The van der Waals surface area contributed by atoms with Gasteiger partial charge < -0.3 is 14.6 Å². The minimum atomic E-state index is -0.259. The van der Waals surface area contributed by atoms with Crippen LogP contribution >= 0.6 is 0 Å². The van der Waals surface area contributed by atoms with Gasteiger partial charge in [-0.2, -0.15) is 0 Å². The van der Waals surface area contributed by atoms with Crippen molar-refractivity contribution >= 4 is 11.0 Å². The molecule has 148 valence electrons. The lowest BCUT2D eigenvalue weighted by Gasteiger charge is -2.10. The summed E-state index contributed by atoms with van der Waals surface area (Å²) in [6.07, 6.45) is 6.80. The summed E-state index contributed by atoms with van der Waals surface area (Å²) < 4.78 is 21.3. The Morgan fingerprint density at radius 1 is 1.21 bits per heavy atom. The summed E-state index contributed by atoms with van der Waals surface area (Å²) in [5.74, 6) is 0.328. The molecule has 1 aliphatic heterocycles. The van der Waals surface area contributed by atoms with Gasteiger partial charge in [-0.05, 0) is 43.8 Å². The summed E-state index contributed by atoms with van der Waals surface area (Å²) in [7, 11) is 3.76. The second-order valence-corrected chi connectivity index (χ2v) is 7.57. The van der Waals surface area contributed by atoms with Crippen molar-refractivity contribution in [3.8, 4) is 28.1 Å². The van der Waals surface area contributed by atoms with E-state index in [1.54, 1.807) is 13.2 Å². The van der Waals surface area contributed by atoms with E-state index in [0.29, 0.717) is 11.9 Å². The highest BCUT2D eigenvalue weighted by Gasteiger charge is 2.24. The van der Waals surface area contributed by atoms with Crippen molar-refractivity contribution in [1.82, 2.24) is 24.6 Å². The predicted octanol–water partition coefficient (Wildman–Crippen LogP) is 4.12. The number of nitrogens with zero attached hydrogens (tertiary/aromatic N) is 4. The SMILES string of the molecule is COc1nn(C2CCN(C)C2)cc1-c1cnc2[nH]cc(-c3cccc(F)c3)c2c1. The second kappa shape index (κ2) is 7.00. The molecule has 1 fully saturated rings. The highest BCUT2D eigenvalue weighted by molar-refractivity contribution is 5.96. The molecule has 0 aliphatic carbocycles. The molecule has 1 saturated heterocycles. The first-order chi connectivity index (χ1) is 14.1. The van der Waals surface area contributed by atoms with Crippen LogP contribution in [-0.2, 0) is 0 Å². The van der Waals surface area contributed by atoms with Gasteiger partial charge in [0.15, 0.2) is 0 Å². The Morgan fingerprint density at radius 2 is 2.10 bits per heavy atom. The number of nitrogens with one attached hydrogen (secondary N) is 1. The van der Waals surface area contributed by atoms with Gasteiger partial charge in [-0.15, -0.1) is 5.10 Å². The van der Waals surface area contributed by atoms with E-state index in [9.17, 15) is 4.39 Å². The maximum absolute atomic E-state index is 13.7. The van der Waals surface area contributed by atoms with Crippen molar-refractivity contribution in [3.05, 3.63) is 54.7 Å². The lowest BCUT2D eigenvalue weighted by atomic mass is 10.0. The third kappa shape index (κ3) is 3.17. The molecule has 7 heteroatoms. The van der Waals surface area contributed by atoms with Crippen LogP contribution in [0.3, 0.4) is 0 Å². The van der Waals surface area contributed by atoms with Crippen LogP contribution in [0.2, 0.25) is 0 Å². The number of fused-ring (bicyclic) bond motifs is 1. The molecule has 0 bridgehead atoms. The molecule has 1 N–H and O–H groups in total. The number of methoxy groups -OCH3 is 1. The van der Waals surface area contributed by atoms with Crippen molar-refractivity contribution in [1.29, 1.82) is 0 Å². The van der Waals surface area contributed by atoms with Crippen LogP contribution in [0.4, 0.5) is 4.39 Å². The molecule has 1 unspecified atom stereocenters. The lowest BCUT2D eigenvalue weighted by molar-refractivity contribution is 0.361. The Hall–Kier alpha value is -3.19. The number of pyridine rings is 1. The van der Waals surface area contributed by atoms with Crippen LogP contribution in [0.1, 0.15) is 12.5 Å². The molecule has 0 radical (unpaired) electrons. The normalized spacial score (nSPS) is 17.3. The van der Waals surface area contributed by atoms with Gasteiger partial charge in [-0.3, -0.25) is 4.68 Å². The van der Waals surface area contributed by atoms with Gasteiger partial charge in [0.05, 0.1) is 18.7 Å². The number of aromatic amines is 1. The molecular formula is C22H22FN5O. The Kier molecular flexibility index (Phi) is 4.32. The van der Waals surface area contributed by atoms with Gasteiger partial charge >= 0.3 is 0 Å². The first-order valence-corrected chi connectivity index (χ1v) is 9.67. The molecule has 0 spiro atoms. The Morgan fingerprint density at radius 3 is 2.86 bits per heavy atom. The predicted molar refractivity (Wildman–Crippen MR) is 110 cm³/mol. The molecule has 3 aromatic heterocycles. The van der Waals surface area contributed by atoms with E-state index in [0.717, 1.165) is 52.8 Å². The number of ether oxygens (including phenoxy) is 1. The molecule has 0 saturated carbocycles. The number of benzene rings is 1. The summed E-state index contributed by atoms with van der Waals surface area (Å²) in [4.78, 5) is 10.1. The van der Waals surface area contributed by atoms with Gasteiger partial charge in [0.2, 0.25) is 5.88 Å². The third-order valence-electron chi connectivity index (χ3n) is 5.61. The summed E-state index contributed by atoms with van der Waals surface area (Å²) in [6.45, 7) is 2.04. The number of hydrogen-bond acceptors (Lipinski definition) is 4. The standard InChI is InChI=1S/C22H22FN5O/c1-27-7-6-17(12-27)28-13-20(22(26-28)29-2)15-9-18-19(11-25-21(18)24-10-15)14-4-3-5-16(23)8-14/h3-5,8-11,13,17H,6-7,12H2,1-2H3,(H,24,25). The average Bonchev–Trinajstić information content (AvgIpc) is 3.44. The van der Waals surface area contributed by atoms with E-state index in [1.807, 2.05) is 29.3 Å². The molecule has 5 rings (SSSR count). The molecule has 29 heavy (non-hydrogen) atoms. The minimum absolute atomic E-state index is 0.259. The van der Waals surface area contributed by atoms with Crippen LogP contribution in [0.15, 0.2) is 48.9 Å². The number of hydrogen-bond donors (Lipinski definition) is 1. The Balaban J connectivity index is 1.59. The quantitative estimate of drug-likeness (QED) is 0.569. The fourth-order valence-corrected chi connectivity index (χ4v) is 4.08. The van der Waals surface area contributed by atoms with Crippen LogP contribution < -0.4 is 4.74 Å². The van der Waals surface area contributed by atoms with Crippen molar-refractivity contribution in [2.75, 3.05) is 27.2 Å². The van der Waals surface area contributed by atoms with Gasteiger partial charge in [-0.25, -0.2) is 9.37 Å². The number of likely N-dealkylation sites (tertiary alicyclic amines) is 1. The first-order valence-electron chi connectivity index (χ1n) is 9.67. The summed E-state index contributed by atoms with van der Waals surface area (Å²) in [6, 6.07) is 8.99. The zero-order valence-corrected chi connectivity index (χ0v) is 16.4. The van der Waals surface area contributed by atoms with Crippen molar-refractivity contribution in [3.63, 3.8) is 0 Å². The van der Waals surface area contributed by atoms with Gasteiger partial charge in [0.25, 0.3) is 0 Å². The van der Waals surface area contributed by atoms with E-state index in [2.05, 4.69) is 33.1 Å². The van der Waals surface area contributed by atoms with Gasteiger partial charge in [0.1, 0.15) is 11.5 Å². The fourth-order valence-electron chi connectivity index (χ4n) is 4.08. The summed E-state index contributed by atoms with van der Waals surface area (Å²) in [5.41, 5.74) is 4.31. The number of likely N-dealkylation sites (N-methyl/N-ethyl adjacent to an activating group) is 1. The summed E-state index contributed by atoms with van der Waals surface area (Å²) in [5, 5.41) is 5.60. The van der Waals surface area contributed by atoms with Crippen molar-refractivity contribution in [2.45, 2.75) is 12.5 Å². The molecule has 1 atom stereocenters. The molecule has 6 nitrogen and oxygen atoms in total. The van der Waals surface area contributed by atoms with Crippen molar-refractivity contribution in [2.24, 2.45) is 0 Å². The molecule has 1 aromatic carbocycles. The molecule has 4 heterocycles. The van der Waals surface area contributed by atoms with Crippen LogP contribution in [0.25, 0.3) is 33.3 Å². The van der Waals surface area contributed by atoms with E-state index >= 15 is 0 Å². The molecule has 1 aliphatic rings. The number of rotatable bonds is 4. The molecular weight excluding hydrogens is 369 g/mol. The van der Waals surface area contributed by atoms with Crippen LogP contribution in [-0.4, -0.2) is 51.9 Å². The lowest BCUT2D eigenvalue weighted by Crippen LogP contribution is -2.16. The highest BCUT2D eigenvalue weighted by atomic mass is 19.1. The van der Waals surface area contributed by atoms with E-state index < -0.39 is 0 Å². The van der Waals surface area contributed by atoms with Gasteiger partial charge in [0, 0.05) is 41.6 Å². The minimum Gasteiger partial charge on any atom is -0.479 e. The highest BCUT2D eigenvalue weighted by Crippen LogP contribution is 2.35. The second-order valence-electron chi connectivity index (χ2n) is 7.57. The molecule has 0 amide bonds. The number of aromatic nitrogens is 4. The summed E-state index contributed by atoms with van der Waals surface area (Å²) >= 11 is 0. The smallest absolute Gasteiger partial charge is 0.240 e. The van der Waals surface area contributed by atoms with Crippen LogP contribution in [0.5, 0.6) is 5.88 Å². The monoisotopic (exact) mass is 391 g/mol. The zero-order valence-electron chi connectivity index (χ0n) is 16.4. The molecule has 4 aromatic rings. The Labute approximate surface area is 167 Å². The average molecular weight is 391 g/mol. The largest absolute Gasteiger partial charge is 0.479 e. The topological polar surface area (TPSA) is 59.0 Å². The zero-order chi connectivity index (χ0) is 20.0. The van der Waals surface area contributed by atoms with E-state index in [-0.39, 0.29) is 5.82 Å².